The molecule has 0 aliphatic rings. The minimum absolute atomic E-state index is 0.0832. The number of ketones is 1. The maximum Gasteiger partial charge on any atom is 0.309 e. The second-order valence-electron chi connectivity index (χ2n) is 3.56. The average Bonchev–Trinajstić information content (AvgIpc) is 2.43. The van der Waals surface area contributed by atoms with E-state index < -0.39 is 17.8 Å². The predicted molar refractivity (Wildman–Crippen MR) is 67.1 cm³/mol. The van der Waals surface area contributed by atoms with Gasteiger partial charge in [0.15, 0.2) is 11.6 Å². The summed E-state index contributed by atoms with van der Waals surface area (Å²) in [6.45, 7) is 0. The van der Waals surface area contributed by atoms with Gasteiger partial charge in [-0.05, 0) is 30.4 Å². The third kappa shape index (κ3) is 4.13. The summed E-state index contributed by atoms with van der Waals surface area (Å²) in [4.78, 5) is 25.5. The van der Waals surface area contributed by atoms with Crippen molar-refractivity contribution in [1.82, 2.24) is 19.9 Å². The molecule has 0 aliphatic heterocycles. The molecular weight excluding hydrogens is 266 g/mol. The van der Waals surface area contributed by atoms with Crippen molar-refractivity contribution < 1.29 is 13.6 Å². The van der Waals surface area contributed by atoms with E-state index in [0.29, 0.717) is 0 Å². The molecule has 0 aliphatic carbocycles. The van der Waals surface area contributed by atoms with E-state index in [4.69, 9.17) is 0 Å². The van der Waals surface area contributed by atoms with Gasteiger partial charge in [-0.3, -0.25) is 4.79 Å². The number of aromatic nitrogens is 4. The summed E-state index contributed by atoms with van der Waals surface area (Å²) in [5, 5.41) is 0. The van der Waals surface area contributed by atoms with E-state index in [1.165, 1.54) is 42.8 Å². The Morgan fingerprint density at radius 1 is 1.00 bits per heavy atom. The highest BCUT2D eigenvalue weighted by atomic mass is 19.1. The molecule has 0 spiro atoms. The maximum atomic E-state index is 12.8. The van der Waals surface area contributed by atoms with E-state index in [1.807, 2.05) is 0 Å². The van der Waals surface area contributed by atoms with E-state index in [1.54, 1.807) is 0 Å². The molecule has 100 valence electrons. The van der Waals surface area contributed by atoms with Crippen LogP contribution in [0.2, 0.25) is 0 Å². The van der Waals surface area contributed by atoms with Crippen LogP contribution in [0.4, 0.5) is 8.78 Å². The van der Waals surface area contributed by atoms with E-state index in [-0.39, 0.29) is 11.5 Å². The van der Waals surface area contributed by atoms with Crippen molar-refractivity contribution in [2.24, 2.45) is 0 Å². The Morgan fingerprint density at radius 3 is 2.50 bits per heavy atom. The molecule has 0 unspecified atom stereocenters. The van der Waals surface area contributed by atoms with Crippen molar-refractivity contribution in [3.05, 3.63) is 60.2 Å². The molecule has 0 amide bonds. The molecule has 2 aromatic heterocycles. The smallest absolute Gasteiger partial charge is 0.290 e. The lowest BCUT2D eigenvalue weighted by atomic mass is 10.3. The molecule has 2 rings (SSSR count). The van der Waals surface area contributed by atoms with Gasteiger partial charge in [-0.15, -0.1) is 0 Å². The van der Waals surface area contributed by atoms with Gasteiger partial charge in [0, 0.05) is 18.5 Å². The second-order valence-corrected chi connectivity index (χ2v) is 3.56. The monoisotopic (exact) mass is 274 g/mol. The summed E-state index contributed by atoms with van der Waals surface area (Å²) in [6, 6.07) is 2.55. The van der Waals surface area contributed by atoms with Gasteiger partial charge in [0.2, 0.25) is 5.95 Å². The Hall–Kier alpha value is -2.83. The molecule has 20 heavy (non-hydrogen) atoms. The molecule has 2 heterocycles. The number of nitrogens with zero attached hydrogens (tertiary/aromatic N) is 4. The Kier molecular flexibility index (Phi) is 4.33. The van der Waals surface area contributed by atoms with Crippen LogP contribution in [0.15, 0.2) is 36.7 Å². The molecule has 0 fully saturated rings. The highest BCUT2D eigenvalue weighted by Gasteiger charge is 1.97. The van der Waals surface area contributed by atoms with Gasteiger partial charge in [0.1, 0.15) is 0 Å². The number of halogens is 2. The Labute approximate surface area is 112 Å². The molecule has 0 N–H and O–H groups in total. The normalized spacial score (nSPS) is 11.3. The van der Waals surface area contributed by atoms with Gasteiger partial charge >= 0.3 is 6.08 Å². The number of hydrogen-bond acceptors (Lipinski definition) is 5. The van der Waals surface area contributed by atoms with E-state index in [9.17, 15) is 13.6 Å². The van der Waals surface area contributed by atoms with Crippen LogP contribution >= 0.6 is 0 Å². The molecule has 0 saturated carbocycles. The van der Waals surface area contributed by atoms with Gasteiger partial charge in [-0.1, -0.05) is 0 Å². The zero-order valence-electron chi connectivity index (χ0n) is 10.1. The van der Waals surface area contributed by atoms with Crippen molar-refractivity contribution in [2.75, 3.05) is 0 Å². The summed E-state index contributed by atoms with van der Waals surface area (Å²) in [7, 11) is 0. The standard InChI is InChI=1S/C13H8F2N4O/c14-11-6-8-16-12(19-11)4-3-10(20)2-1-9-5-7-17-13(15)18-9/h1-8H. The fourth-order valence-electron chi connectivity index (χ4n) is 1.25. The van der Waals surface area contributed by atoms with E-state index in [2.05, 4.69) is 19.9 Å². The molecule has 2 aromatic rings. The molecule has 0 bridgehead atoms. The van der Waals surface area contributed by atoms with Crippen molar-refractivity contribution in [3.63, 3.8) is 0 Å². The highest BCUT2D eigenvalue weighted by Crippen LogP contribution is 1.99. The molecule has 0 atom stereocenters. The van der Waals surface area contributed by atoms with Crippen molar-refractivity contribution in [2.45, 2.75) is 0 Å². The first-order valence-corrected chi connectivity index (χ1v) is 5.51. The number of allylic oxidation sites excluding steroid dienone is 2. The van der Waals surface area contributed by atoms with Crippen LogP contribution in [-0.4, -0.2) is 25.7 Å². The van der Waals surface area contributed by atoms with Gasteiger partial charge in [0.05, 0.1) is 5.69 Å². The van der Waals surface area contributed by atoms with E-state index in [0.717, 1.165) is 6.07 Å². The first-order valence-electron chi connectivity index (χ1n) is 5.51. The van der Waals surface area contributed by atoms with Crippen LogP contribution < -0.4 is 0 Å². The topological polar surface area (TPSA) is 68.6 Å². The summed E-state index contributed by atoms with van der Waals surface area (Å²) < 4.78 is 25.5. The minimum Gasteiger partial charge on any atom is -0.290 e. The molecular formula is C13H8F2N4O. The minimum atomic E-state index is -0.872. The Morgan fingerprint density at radius 2 is 1.75 bits per heavy atom. The zero-order chi connectivity index (χ0) is 14.4. The molecule has 7 heteroatoms. The zero-order valence-corrected chi connectivity index (χ0v) is 10.1. The second kappa shape index (κ2) is 6.37. The molecule has 0 aromatic carbocycles. The van der Waals surface area contributed by atoms with Crippen LogP contribution in [0.5, 0.6) is 0 Å². The lowest BCUT2D eigenvalue weighted by Gasteiger charge is -1.91. The first kappa shape index (κ1) is 13.6. The maximum absolute atomic E-state index is 12.8. The van der Waals surface area contributed by atoms with Gasteiger partial charge in [0.25, 0.3) is 0 Å². The average molecular weight is 274 g/mol. The fourth-order valence-corrected chi connectivity index (χ4v) is 1.25. The lowest BCUT2D eigenvalue weighted by molar-refractivity contribution is -0.110. The van der Waals surface area contributed by atoms with Crippen molar-refractivity contribution in [3.8, 4) is 0 Å². The van der Waals surface area contributed by atoms with Crippen LogP contribution in [0, 0.1) is 12.0 Å². The summed E-state index contributed by atoms with van der Waals surface area (Å²) in [6.07, 6.45) is 6.58. The van der Waals surface area contributed by atoms with Crippen molar-refractivity contribution >= 4 is 17.9 Å². The Bertz CT molecular complexity index is 628. The van der Waals surface area contributed by atoms with Crippen LogP contribution in [0.3, 0.4) is 0 Å². The lowest BCUT2D eigenvalue weighted by Crippen LogP contribution is -1.92. The number of carbonyl (C=O) groups is 1. The van der Waals surface area contributed by atoms with E-state index >= 15 is 0 Å². The summed E-state index contributed by atoms with van der Waals surface area (Å²) in [5.41, 5.74) is 0.265. The summed E-state index contributed by atoms with van der Waals surface area (Å²) >= 11 is 0. The highest BCUT2D eigenvalue weighted by molar-refractivity contribution is 6.04. The third-order valence-electron chi connectivity index (χ3n) is 2.10. The number of rotatable bonds is 4. The fraction of sp³-hybridized carbons (Fsp3) is 0. The SMILES string of the molecule is O=C(C=Cc1ccnc(F)n1)C=Cc1nccc(F)n1. The first-order chi connectivity index (χ1) is 9.63. The van der Waals surface area contributed by atoms with Gasteiger partial charge in [-0.25, -0.2) is 19.9 Å². The molecule has 0 radical (unpaired) electrons. The Balaban J connectivity index is 2.02. The van der Waals surface area contributed by atoms with Crippen molar-refractivity contribution in [1.29, 1.82) is 0 Å². The van der Waals surface area contributed by atoms with Crippen LogP contribution in [-0.2, 0) is 4.79 Å². The van der Waals surface area contributed by atoms with Crippen LogP contribution in [0.1, 0.15) is 11.5 Å². The quantitative estimate of drug-likeness (QED) is 0.483. The summed E-state index contributed by atoms with van der Waals surface area (Å²) in [5.74, 6) is -0.990. The third-order valence-corrected chi connectivity index (χ3v) is 2.10. The number of carbonyl (C=O) groups excluding carboxylic acids is 1. The molecule has 5 nitrogen and oxygen atoms in total. The number of hydrogen-bond donors (Lipinski definition) is 0. The largest absolute Gasteiger partial charge is 0.309 e. The molecule has 0 saturated heterocycles. The van der Waals surface area contributed by atoms with Crippen LogP contribution in [0.25, 0.3) is 12.2 Å². The predicted octanol–water partition coefficient (Wildman–Crippen LogP) is 1.84. The van der Waals surface area contributed by atoms with Gasteiger partial charge < -0.3 is 0 Å². The van der Waals surface area contributed by atoms with Gasteiger partial charge in [-0.2, -0.15) is 8.78 Å².